The molecule has 18 heavy (non-hydrogen) atoms. The van der Waals surface area contributed by atoms with Gasteiger partial charge in [0.1, 0.15) is 11.6 Å². The zero-order chi connectivity index (χ0) is 13.7. The number of nitriles is 1. The Hall–Kier alpha value is -1.24. The van der Waals surface area contributed by atoms with Gasteiger partial charge >= 0.3 is 6.09 Å². The van der Waals surface area contributed by atoms with Crippen molar-refractivity contribution in [1.82, 2.24) is 4.90 Å². The summed E-state index contributed by atoms with van der Waals surface area (Å²) >= 11 is 0. The van der Waals surface area contributed by atoms with Crippen LogP contribution in [0.5, 0.6) is 0 Å². The van der Waals surface area contributed by atoms with Crippen molar-refractivity contribution in [3.8, 4) is 6.07 Å². The second kappa shape index (κ2) is 3.88. The number of amides is 1. The molecule has 1 aliphatic carbocycles. The maximum atomic E-state index is 12.1. The number of likely N-dealkylation sites (tertiary alicyclic amines) is 1. The average molecular weight is 250 g/mol. The number of piperidine rings is 1. The molecule has 0 aromatic rings. The predicted molar refractivity (Wildman–Crippen MR) is 67.7 cm³/mol. The largest absolute Gasteiger partial charge is 0.443 e. The second-order valence-electron chi connectivity index (χ2n) is 6.66. The van der Waals surface area contributed by atoms with E-state index in [2.05, 4.69) is 19.9 Å². The maximum absolute atomic E-state index is 12.1. The molecule has 1 heterocycles. The normalized spacial score (nSPS) is 32.7. The minimum absolute atomic E-state index is 0.206. The first kappa shape index (κ1) is 13.2. The van der Waals surface area contributed by atoms with E-state index in [9.17, 15) is 10.1 Å². The number of hydrogen-bond acceptors (Lipinski definition) is 3. The van der Waals surface area contributed by atoms with Crippen molar-refractivity contribution >= 4 is 6.09 Å². The molecule has 0 bridgehead atoms. The third-order valence-electron chi connectivity index (χ3n) is 4.79. The van der Waals surface area contributed by atoms with Crippen molar-refractivity contribution < 1.29 is 9.53 Å². The minimum atomic E-state index is -0.459. The van der Waals surface area contributed by atoms with Crippen LogP contribution in [0, 0.1) is 28.6 Å². The third kappa shape index (κ3) is 1.86. The Kier molecular flexibility index (Phi) is 2.84. The van der Waals surface area contributed by atoms with E-state index in [4.69, 9.17) is 4.74 Å². The molecule has 0 radical (unpaired) electrons. The van der Waals surface area contributed by atoms with Crippen molar-refractivity contribution in [3.05, 3.63) is 0 Å². The van der Waals surface area contributed by atoms with Gasteiger partial charge in [-0.3, -0.25) is 4.90 Å². The molecular formula is C14H22N2O2. The van der Waals surface area contributed by atoms with E-state index >= 15 is 0 Å². The van der Waals surface area contributed by atoms with Crippen LogP contribution in [-0.2, 0) is 4.74 Å². The lowest BCUT2D eigenvalue weighted by Crippen LogP contribution is -2.43. The molecule has 3 atom stereocenters. The fourth-order valence-corrected chi connectivity index (χ4v) is 2.99. The Bertz CT molecular complexity index is 409. The number of fused-ring (bicyclic) bond motifs is 1. The first-order valence-corrected chi connectivity index (χ1v) is 6.64. The number of ether oxygens (including phenoxy) is 1. The zero-order valence-electron chi connectivity index (χ0n) is 11.9. The molecule has 1 aliphatic heterocycles. The molecule has 0 spiro atoms. The topological polar surface area (TPSA) is 53.3 Å². The van der Waals surface area contributed by atoms with E-state index < -0.39 is 5.60 Å². The Morgan fingerprint density at radius 2 is 2.17 bits per heavy atom. The number of hydrogen-bond donors (Lipinski definition) is 0. The maximum Gasteiger partial charge on any atom is 0.411 e. The van der Waals surface area contributed by atoms with Crippen molar-refractivity contribution in [3.63, 3.8) is 0 Å². The van der Waals surface area contributed by atoms with Crippen LogP contribution in [0.3, 0.4) is 0 Å². The second-order valence-corrected chi connectivity index (χ2v) is 6.66. The molecule has 2 rings (SSSR count). The number of rotatable bonds is 2. The molecule has 4 nitrogen and oxygen atoms in total. The SMILES string of the molecule is CCC(C)(C)OC(=O)N1C[C@H]2[C@@H]([C@H]1C#N)C2(C)C. The van der Waals surface area contributed by atoms with E-state index in [0.29, 0.717) is 18.4 Å². The van der Waals surface area contributed by atoms with E-state index in [1.54, 1.807) is 4.90 Å². The molecule has 0 N–H and O–H groups in total. The summed E-state index contributed by atoms with van der Waals surface area (Å²) < 4.78 is 5.48. The molecule has 0 aromatic carbocycles. The summed E-state index contributed by atoms with van der Waals surface area (Å²) in [4.78, 5) is 13.7. The molecular weight excluding hydrogens is 228 g/mol. The fraction of sp³-hybridized carbons (Fsp3) is 0.857. The zero-order valence-corrected chi connectivity index (χ0v) is 11.9. The summed E-state index contributed by atoms with van der Waals surface area (Å²) in [6, 6.07) is 1.96. The van der Waals surface area contributed by atoms with Crippen LogP contribution in [0.2, 0.25) is 0 Å². The lowest BCUT2D eigenvalue weighted by molar-refractivity contribution is 0.00782. The standard InChI is InChI=1S/C14H22N2O2/c1-6-13(2,3)18-12(17)16-8-9-11(10(16)7-15)14(9,4)5/h9-11H,6,8H2,1-5H3/t9-,10+,11-/m0/s1. The van der Waals surface area contributed by atoms with Crippen LogP contribution in [0.25, 0.3) is 0 Å². The van der Waals surface area contributed by atoms with Gasteiger partial charge in [0, 0.05) is 12.5 Å². The highest BCUT2D eigenvalue weighted by molar-refractivity contribution is 5.70. The molecule has 100 valence electrons. The summed E-state index contributed by atoms with van der Waals surface area (Å²) in [5.74, 6) is 0.777. The monoisotopic (exact) mass is 250 g/mol. The lowest BCUT2D eigenvalue weighted by atomic mass is 10.0. The van der Waals surface area contributed by atoms with Crippen LogP contribution >= 0.6 is 0 Å². The number of carbonyl (C=O) groups is 1. The van der Waals surface area contributed by atoms with Crippen LogP contribution < -0.4 is 0 Å². The number of carbonyl (C=O) groups excluding carboxylic acids is 1. The van der Waals surface area contributed by atoms with E-state index in [0.717, 1.165) is 6.42 Å². The van der Waals surface area contributed by atoms with Gasteiger partial charge in [0.05, 0.1) is 6.07 Å². The van der Waals surface area contributed by atoms with Gasteiger partial charge < -0.3 is 4.74 Å². The molecule has 2 aliphatic rings. The predicted octanol–water partition coefficient (Wildman–Crippen LogP) is 2.79. The van der Waals surface area contributed by atoms with Crippen molar-refractivity contribution in [1.29, 1.82) is 5.26 Å². The van der Waals surface area contributed by atoms with Gasteiger partial charge in [0.2, 0.25) is 0 Å². The highest BCUT2D eigenvalue weighted by atomic mass is 16.6. The van der Waals surface area contributed by atoms with Crippen LogP contribution in [0.1, 0.15) is 41.0 Å². The summed E-state index contributed by atoms with van der Waals surface area (Å²) in [6.07, 6.45) is 0.429. The summed E-state index contributed by atoms with van der Waals surface area (Å²) in [6.45, 7) is 10.8. The highest BCUT2D eigenvalue weighted by Gasteiger charge is 2.68. The smallest absolute Gasteiger partial charge is 0.411 e. The molecule has 1 amide bonds. The molecule has 0 unspecified atom stereocenters. The molecule has 4 heteroatoms. The van der Waals surface area contributed by atoms with Crippen molar-refractivity contribution in [2.24, 2.45) is 17.3 Å². The van der Waals surface area contributed by atoms with Gasteiger partial charge in [-0.15, -0.1) is 0 Å². The third-order valence-corrected chi connectivity index (χ3v) is 4.79. The lowest BCUT2D eigenvalue weighted by Gasteiger charge is -2.30. The van der Waals surface area contributed by atoms with Gasteiger partial charge in [-0.2, -0.15) is 5.26 Å². The highest BCUT2D eigenvalue weighted by Crippen LogP contribution is 2.64. The van der Waals surface area contributed by atoms with Gasteiger partial charge in [-0.1, -0.05) is 20.8 Å². The molecule has 1 saturated heterocycles. The summed E-state index contributed by atoms with van der Waals surface area (Å²) in [5, 5.41) is 9.27. The summed E-state index contributed by atoms with van der Waals surface area (Å²) in [7, 11) is 0. The van der Waals surface area contributed by atoms with E-state index in [1.807, 2.05) is 20.8 Å². The first-order valence-electron chi connectivity index (χ1n) is 6.64. The fourth-order valence-electron chi connectivity index (χ4n) is 2.99. The van der Waals surface area contributed by atoms with Crippen molar-refractivity contribution in [2.45, 2.75) is 52.7 Å². The quantitative estimate of drug-likeness (QED) is 0.757. The van der Waals surface area contributed by atoms with Gasteiger partial charge in [0.25, 0.3) is 0 Å². The van der Waals surface area contributed by atoms with E-state index in [-0.39, 0.29) is 17.6 Å². The summed E-state index contributed by atoms with van der Waals surface area (Å²) in [5.41, 5.74) is -0.253. The Labute approximate surface area is 109 Å². The molecule has 0 aromatic heterocycles. The van der Waals surface area contributed by atoms with Crippen LogP contribution in [0.4, 0.5) is 4.79 Å². The number of nitrogens with zero attached hydrogens (tertiary/aromatic N) is 2. The Morgan fingerprint density at radius 3 is 2.67 bits per heavy atom. The Balaban J connectivity index is 2.04. The Morgan fingerprint density at radius 1 is 1.56 bits per heavy atom. The van der Waals surface area contributed by atoms with Crippen molar-refractivity contribution in [2.75, 3.05) is 6.54 Å². The average Bonchev–Trinajstić information content (AvgIpc) is 2.68. The van der Waals surface area contributed by atoms with Gasteiger partial charge in [-0.05, 0) is 31.6 Å². The van der Waals surface area contributed by atoms with Crippen LogP contribution in [0.15, 0.2) is 0 Å². The minimum Gasteiger partial charge on any atom is -0.443 e. The van der Waals surface area contributed by atoms with Gasteiger partial charge in [0.15, 0.2) is 0 Å². The van der Waals surface area contributed by atoms with Crippen LogP contribution in [-0.4, -0.2) is 29.2 Å². The van der Waals surface area contributed by atoms with Gasteiger partial charge in [-0.25, -0.2) is 4.79 Å². The first-order chi connectivity index (χ1) is 8.24. The van der Waals surface area contributed by atoms with E-state index in [1.165, 1.54) is 0 Å². The molecule has 1 saturated carbocycles. The molecule has 2 fully saturated rings.